The van der Waals surface area contributed by atoms with Gasteiger partial charge in [-0.1, -0.05) is 42.5 Å². The molecule has 3 nitrogen and oxygen atoms in total. The van der Waals surface area contributed by atoms with Crippen molar-refractivity contribution in [2.75, 3.05) is 6.61 Å². The van der Waals surface area contributed by atoms with E-state index in [1.807, 2.05) is 56.3 Å². The lowest BCUT2D eigenvalue weighted by Crippen LogP contribution is -2.32. The largest absolute Gasteiger partial charge is 0.493 e. The molecule has 1 unspecified atom stereocenters. The van der Waals surface area contributed by atoms with Crippen molar-refractivity contribution in [1.82, 2.24) is 0 Å². The van der Waals surface area contributed by atoms with Crippen LogP contribution in [0.1, 0.15) is 42.9 Å². The predicted molar refractivity (Wildman–Crippen MR) is 96.6 cm³/mol. The fraction of sp³-hybridized carbons (Fsp3) is 0.381. The fourth-order valence-corrected chi connectivity index (χ4v) is 2.93. The number of aliphatic carboxylic acids is 1. The lowest BCUT2D eigenvalue weighted by molar-refractivity contribution is -0.148. The molecule has 24 heavy (non-hydrogen) atoms. The first-order valence-corrected chi connectivity index (χ1v) is 8.30. The maximum Gasteiger partial charge on any atom is 0.309 e. The minimum atomic E-state index is -0.855. The summed E-state index contributed by atoms with van der Waals surface area (Å²) in [5.41, 5.74) is 2.43. The molecule has 0 bridgehead atoms. The number of ether oxygens (including phenoxy) is 1. The Bertz CT molecular complexity index is 689. The van der Waals surface area contributed by atoms with Gasteiger partial charge in [-0.25, -0.2) is 0 Å². The first-order valence-electron chi connectivity index (χ1n) is 8.30. The van der Waals surface area contributed by atoms with Crippen molar-refractivity contribution in [3.63, 3.8) is 0 Å². The monoisotopic (exact) mass is 326 g/mol. The predicted octanol–water partition coefficient (Wildman–Crippen LogP) is 4.97. The van der Waals surface area contributed by atoms with Gasteiger partial charge >= 0.3 is 5.97 Å². The van der Waals surface area contributed by atoms with Crippen molar-refractivity contribution in [2.24, 2.45) is 5.41 Å². The van der Waals surface area contributed by atoms with E-state index < -0.39 is 11.4 Å². The van der Waals surface area contributed by atoms with E-state index in [9.17, 15) is 9.90 Å². The topological polar surface area (TPSA) is 46.5 Å². The highest BCUT2D eigenvalue weighted by Crippen LogP contribution is 2.38. The van der Waals surface area contributed by atoms with Crippen molar-refractivity contribution < 1.29 is 14.6 Å². The van der Waals surface area contributed by atoms with Gasteiger partial charge in [0.25, 0.3) is 0 Å². The number of rotatable bonds is 7. The Kier molecular flexibility index (Phi) is 5.66. The van der Waals surface area contributed by atoms with Crippen LogP contribution in [0.2, 0.25) is 0 Å². The highest BCUT2D eigenvalue weighted by molar-refractivity contribution is 5.75. The van der Waals surface area contributed by atoms with E-state index in [2.05, 4.69) is 6.07 Å². The third-order valence-corrected chi connectivity index (χ3v) is 4.63. The van der Waals surface area contributed by atoms with Crippen LogP contribution in [0.25, 0.3) is 0 Å². The summed E-state index contributed by atoms with van der Waals surface area (Å²) < 4.78 is 5.95. The Morgan fingerprint density at radius 3 is 2.42 bits per heavy atom. The van der Waals surface area contributed by atoms with Gasteiger partial charge in [0.2, 0.25) is 0 Å². The van der Waals surface area contributed by atoms with E-state index in [0.717, 1.165) is 22.4 Å². The van der Waals surface area contributed by atoms with Crippen LogP contribution in [0.15, 0.2) is 48.5 Å². The standard InChI is InChI=1S/C21H26O3/c1-15-10-11-16(2)19(14-15)24-13-12-18(21(3,4)20(22)23)17-8-6-5-7-9-17/h5-11,14,18H,12-13H2,1-4H3,(H,22,23). The van der Waals surface area contributed by atoms with E-state index in [4.69, 9.17) is 4.74 Å². The first-order chi connectivity index (χ1) is 11.3. The SMILES string of the molecule is Cc1ccc(C)c(OCCC(c2ccccc2)C(C)(C)C(=O)O)c1. The van der Waals surface area contributed by atoms with E-state index in [1.165, 1.54) is 0 Å². The van der Waals surface area contributed by atoms with Gasteiger partial charge in [0.1, 0.15) is 5.75 Å². The van der Waals surface area contributed by atoms with Gasteiger partial charge in [-0.3, -0.25) is 4.79 Å². The van der Waals surface area contributed by atoms with Crippen molar-refractivity contribution in [3.8, 4) is 5.75 Å². The van der Waals surface area contributed by atoms with Crippen LogP contribution in [0.4, 0.5) is 0 Å². The molecule has 1 atom stereocenters. The summed E-state index contributed by atoms with van der Waals surface area (Å²) in [6.45, 7) is 8.10. The van der Waals surface area contributed by atoms with Crippen LogP contribution in [-0.2, 0) is 4.79 Å². The molecule has 0 radical (unpaired) electrons. The van der Waals surface area contributed by atoms with Crippen LogP contribution in [0.5, 0.6) is 5.75 Å². The van der Waals surface area contributed by atoms with Crippen molar-refractivity contribution in [2.45, 2.75) is 40.0 Å². The number of carboxylic acid groups (broad SMARTS) is 1. The molecule has 0 saturated heterocycles. The highest BCUT2D eigenvalue weighted by atomic mass is 16.5. The van der Waals surface area contributed by atoms with E-state index in [-0.39, 0.29) is 5.92 Å². The van der Waals surface area contributed by atoms with E-state index in [0.29, 0.717) is 13.0 Å². The summed E-state index contributed by atoms with van der Waals surface area (Å²) in [6.07, 6.45) is 0.649. The van der Waals surface area contributed by atoms with Gasteiger partial charge in [0.05, 0.1) is 12.0 Å². The van der Waals surface area contributed by atoms with Gasteiger partial charge in [-0.05, 0) is 56.9 Å². The quantitative estimate of drug-likeness (QED) is 0.781. The molecule has 0 aliphatic heterocycles. The minimum absolute atomic E-state index is 0.110. The highest BCUT2D eigenvalue weighted by Gasteiger charge is 2.37. The second-order valence-corrected chi connectivity index (χ2v) is 6.90. The van der Waals surface area contributed by atoms with Gasteiger partial charge in [0, 0.05) is 5.92 Å². The normalized spacial score (nSPS) is 12.7. The van der Waals surface area contributed by atoms with Crippen LogP contribution in [0, 0.1) is 19.3 Å². The van der Waals surface area contributed by atoms with Gasteiger partial charge in [-0.2, -0.15) is 0 Å². The molecule has 2 rings (SSSR count). The Morgan fingerprint density at radius 2 is 1.79 bits per heavy atom. The van der Waals surface area contributed by atoms with Crippen molar-refractivity contribution in [1.29, 1.82) is 0 Å². The molecule has 2 aromatic carbocycles. The van der Waals surface area contributed by atoms with Gasteiger partial charge in [-0.15, -0.1) is 0 Å². The van der Waals surface area contributed by atoms with Crippen molar-refractivity contribution >= 4 is 5.97 Å². The molecule has 0 aliphatic carbocycles. The third-order valence-electron chi connectivity index (χ3n) is 4.63. The number of carboxylic acids is 1. The maximum atomic E-state index is 11.7. The number of benzene rings is 2. The molecule has 0 aliphatic rings. The van der Waals surface area contributed by atoms with Crippen LogP contribution < -0.4 is 4.74 Å². The molecule has 0 aromatic heterocycles. The smallest absolute Gasteiger partial charge is 0.309 e. The zero-order chi connectivity index (χ0) is 17.7. The first kappa shape index (κ1) is 18.1. The average Bonchev–Trinajstić information content (AvgIpc) is 2.55. The van der Waals surface area contributed by atoms with Crippen molar-refractivity contribution in [3.05, 3.63) is 65.2 Å². The molecule has 0 saturated carbocycles. The van der Waals surface area contributed by atoms with Gasteiger partial charge < -0.3 is 9.84 Å². The van der Waals surface area contributed by atoms with Crippen LogP contribution in [0.3, 0.4) is 0 Å². The fourth-order valence-electron chi connectivity index (χ4n) is 2.93. The Hall–Kier alpha value is -2.29. The maximum absolute atomic E-state index is 11.7. The molecule has 128 valence electrons. The van der Waals surface area contributed by atoms with Crippen LogP contribution in [-0.4, -0.2) is 17.7 Å². The summed E-state index contributed by atoms with van der Waals surface area (Å²) in [7, 11) is 0. The molecule has 0 heterocycles. The molecule has 1 N–H and O–H groups in total. The number of hydrogen-bond donors (Lipinski definition) is 1. The molecule has 3 heteroatoms. The number of carbonyl (C=O) groups is 1. The van der Waals surface area contributed by atoms with E-state index in [1.54, 1.807) is 13.8 Å². The zero-order valence-electron chi connectivity index (χ0n) is 14.9. The van der Waals surface area contributed by atoms with Crippen LogP contribution >= 0.6 is 0 Å². The number of hydrogen-bond acceptors (Lipinski definition) is 2. The summed E-state index contributed by atoms with van der Waals surface area (Å²) >= 11 is 0. The molecule has 0 fully saturated rings. The zero-order valence-corrected chi connectivity index (χ0v) is 14.9. The second-order valence-electron chi connectivity index (χ2n) is 6.90. The molecule has 0 spiro atoms. The molecule has 0 amide bonds. The minimum Gasteiger partial charge on any atom is -0.493 e. The molecular weight excluding hydrogens is 300 g/mol. The molecule has 2 aromatic rings. The average molecular weight is 326 g/mol. The third kappa shape index (κ3) is 4.16. The lowest BCUT2D eigenvalue weighted by Gasteiger charge is -2.31. The Morgan fingerprint density at radius 1 is 1.12 bits per heavy atom. The summed E-state index contributed by atoms with van der Waals surface area (Å²) in [4.78, 5) is 11.7. The summed E-state index contributed by atoms with van der Waals surface area (Å²) in [5.74, 6) is -0.0284. The summed E-state index contributed by atoms with van der Waals surface area (Å²) in [6, 6.07) is 16.0. The second kappa shape index (κ2) is 7.52. The Labute approximate surface area is 144 Å². The summed E-state index contributed by atoms with van der Waals surface area (Å²) in [5, 5.41) is 9.63. The Balaban J connectivity index is 2.15. The van der Waals surface area contributed by atoms with Gasteiger partial charge in [0.15, 0.2) is 0 Å². The van der Waals surface area contributed by atoms with E-state index >= 15 is 0 Å². The molecular formula is C21H26O3. The lowest BCUT2D eigenvalue weighted by atomic mass is 9.73. The number of aryl methyl sites for hydroxylation is 2.